The summed E-state index contributed by atoms with van der Waals surface area (Å²) < 4.78 is 10.8. The Morgan fingerprint density at radius 1 is 1.12 bits per heavy atom. The van der Waals surface area contributed by atoms with Gasteiger partial charge in [0, 0.05) is 17.9 Å². The van der Waals surface area contributed by atoms with Crippen molar-refractivity contribution in [3.8, 4) is 11.5 Å². The smallest absolute Gasteiger partial charge is 0.161 e. The Morgan fingerprint density at radius 3 is 2.36 bits per heavy atom. The summed E-state index contributed by atoms with van der Waals surface area (Å²) in [6, 6.07) is 5.73. The van der Waals surface area contributed by atoms with Crippen molar-refractivity contribution in [2.45, 2.75) is 49.8 Å². The van der Waals surface area contributed by atoms with Gasteiger partial charge in [-0.05, 0) is 49.3 Å². The minimum Gasteiger partial charge on any atom is -0.493 e. The summed E-state index contributed by atoms with van der Waals surface area (Å²) in [4.78, 5) is 14.4. The second kappa shape index (κ2) is 7.45. The number of carbonyl (C=O) groups is 1. The van der Waals surface area contributed by atoms with E-state index in [0.29, 0.717) is 17.9 Å². The lowest BCUT2D eigenvalue weighted by Crippen LogP contribution is -2.56. The van der Waals surface area contributed by atoms with Crippen molar-refractivity contribution in [1.29, 1.82) is 0 Å². The van der Waals surface area contributed by atoms with Gasteiger partial charge in [-0.2, -0.15) is 0 Å². The van der Waals surface area contributed by atoms with Gasteiger partial charge in [-0.25, -0.2) is 0 Å². The molecule has 1 aromatic carbocycles. The highest BCUT2D eigenvalue weighted by Crippen LogP contribution is 2.55. The maximum absolute atomic E-state index is 12.3. The van der Waals surface area contributed by atoms with Crippen LogP contribution in [0.3, 0.4) is 0 Å². The predicted molar refractivity (Wildman–Crippen MR) is 102 cm³/mol. The molecule has 4 radical (unpaired) electrons. The molecular formula is C19H27B2NO3. The Balaban J connectivity index is 0.00000109. The van der Waals surface area contributed by atoms with Gasteiger partial charge in [0.05, 0.1) is 29.9 Å². The van der Waals surface area contributed by atoms with E-state index in [1.807, 2.05) is 39.1 Å². The van der Waals surface area contributed by atoms with Gasteiger partial charge >= 0.3 is 0 Å². The zero-order chi connectivity index (χ0) is 18.8. The van der Waals surface area contributed by atoms with Crippen LogP contribution in [-0.2, 0) is 10.2 Å². The highest BCUT2D eigenvalue weighted by Gasteiger charge is 2.57. The number of likely N-dealkylation sites (N-methyl/N-ethyl adjacent to an activating group) is 1. The van der Waals surface area contributed by atoms with Gasteiger partial charge in [-0.1, -0.05) is 19.9 Å². The average molecular weight is 339 g/mol. The Labute approximate surface area is 154 Å². The summed E-state index contributed by atoms with van der Waals surface area (Å²) in [5, 5.41) is -1.32. The van der Waals surface area contributed by atoms with Gasteiger partial charge in [0.1, 0.15) is 5.78 Å². The van der Waals surface area contributed by atoms with E-state index in [9.17, 15) is 4.79 Å². The number of fused-ring (bicyclic) bond motifs is 1. The molecule has 132 valence electrons. The number of benzene rings is 1. The molecule has 4 nitrogen and oxygen atoms in total. The molecule has 0 bridgehead atoms. The largest absolute Gasteiger partial charge is 0.493 e. The van der Waals surface area contributed by atoms with Crippen LogP contribution < -0.4 is 9.47 Å². The zero-order valence-electron chi connectivity index (χ0n) is 16.0. The summed E-state index contributed by atoms with van der Waals surface area (Å²) in [7, 11) is 17.8. The number of Topliss-reactive ketones (excluding diaryl/α,β-unsaturated/α-hetero) is 1. The normalized spacial score (nSPS) is 27.9. The Kier molecular flexibility index (Phi) is 5.93. The fourth-order valence-corrected chi connectivity index (χ4v) is 4.45. The highest BCUT2D eigenvalue weighted by molar-refractivity contribution is 6.52. The van der Waals surface area contributed by atoms with E-state index >= 15 is 0 Å². The lowest BCUT2D eigenvalue weighted by atomic mass is 9.40. The molecule has 1 saturated carbocycles. The van der Waals surface area contributed by atoms with Crippen LogP contribution in [0, 0.1) is 0 Å². The molecule has 0 amide bonds. The van der Waals surface area contributed by atoms with E-state index in [1.165, 1.54) is 0 Å². The molecule has 1 heterocycles. The second-order valence-corrected chi connectivity index (χ2v) is 6.72. The molecule has 25 heavy (non-hydrogen) atoms. The van der Waals surface area contributed by atoms with E-state index in [-0.39, 0.29) is 17.2 Å². The number of hydrogen-bond donors (Lipinski definition) is 0. The van der Waals surface area contributed by atoms with E-state index < -0.39 is 5.21 Å². The van der Waals surface area contributed by atoms with Gasteiger partial charge in [-0.15, -0.1) is 0 Å². The molecule has 1 saturated heterocycles. The molecule has 1 aliphatic heterocycles. The average Bonchev–Trinajstić information content (AvgIpc) is 2.98. The SMILES string of the molecule is CC.[B]C1([B])C(=O)CC[C@@]2(c3ccc(OC)c(OC)c3)CCN(C)C12. The fourth-order valence-electron chi connectivity index (χ4n) is 4.45. The van der Waals surface area contributed by atoms with Crippen molar-refractivity contribution < 1.29 is 14.3 Å². The summed E-state index contributed by atoms with van der Waals surface area (Å²) in [5.74, 6) is 1.31. The molecule has 1 aromatic rings. The van der Waals surface area contributed by atoms with E-state index in [4.69, 9.17) is 25.2 Å². The Bertz CT molecular complexity index is 635. The van der Waals surface area contributed by atoms with Crippen LogP contribution in [0.5, 0.6) is 11.5 Å². The van der Waals surface area contributed by atoms with Crippen molar-refractivity contribution in [2.75, 3.05) is 27.8 Å². The van der Waals surface area contributed by atoms with Crippen LogP contribution >= 0.6 is 0 Å². The van der Waals surface area contributed by atoms with E-state index in [1.54, 1.807) is 14.2 Å². The number of ether oxygens (including phenoxy) is 2. The van der Waals surface area contributed by atoms with Gasteiger partial charge in [0.15, 0.2) is 11.5 Å². The standard InChI is InChI=1S/C17H21B2NO3.C2H6/c1-20-9-8-16(7-6-14(21)17(18,19)15(16)20)11-4-5-12(22-2)13(10-11)23-3;1-2/h4-5,10,15H,6-9H2,1-3H3;1-2H3/t15?,16-;/m0./s1. The van der Waals surface area contributed by atoms with Crippen molar-refractivity contribution >= 4 is 21.5 Å². The van der Waals surface area contributed by atoms with Crippen molar-refractivity contribution in [3.63, 3.8) is 0 Å². The minimum atomic E-state index is -1.32. The lowest BCUT2D eigenvalue weighted by Gasteiger charge is -2.51. The van der Waals surface area contributed by atoms with Crippen molar-refractivity contribution in [2.24, 2.45) is 0 Å². The van der Waals surface area contributed by atoms with Gasteiger partial charge in [0.2, 0.25) is 0 Å². The molecule has 1 unspecified atom stereocenters. The van der Waals surface area contributed by atoms with E-state index in [0.717, 1.165) is 24.9 Å². The number of ketones is 1. The van der Waals surface area contributed by atoms with Gasteiger partial charge < -0.3 is 19.2 Å². The first-order valence-corrected chi connectivity index (χ1v) is 8.90. The quantitative estimate of drug-likeness (QED) is 0.794. The Hall–Kier alpha value is -1.42. The highest BCUT2D eigenvalue weighted by atomic mass is 16.5. The summed E-state index contributed by atoms with van der Waals surface area (Å²) >= 11 is 0. The number of carbonyl (C=O) groups excluding carboxylic acids is 1. The number of hydrogen-bond acceptors (Lipinski definition) is 4. The molecule has 3 rings (SSSR count). The molecule has 2 aliphatic rings. The number of likely N-dealkylation sites (tertiary alicyclic amines) is 1. The lowest BCUT2D eigenvalue weighted by molar-refractivity contribution is -0.124. The first kappa shape index (κ1) is 19.9. The van der Waals surface area contributed by atoms with Crippen molar-refractivity contribution in [3.05, 3.63) is 23.8 Å². The van der Waals surface area contributed by atoms with Crippen molar-refractivity contribution in [1.82, 2.24) is 4.90 Å². The first-order chi connectivity index (χ1) is 11.9. The molecule has 0 N–H and O–H groups in total. The van der Waals surface area contributed by atoms with Gasteiger partial charge in [0.25, 0.3) is 0 Å². The molecule has 6 heteroatoms. The van der Waals surface area contributed by atoms with E-state index in [2.05, 4.69) is 4.90 Å². The third kappa shape index (κ3) is 3.10. The minimum absolute atomic E-state index is 0.0626. The summed E-state index contributed by atoms with van der Waals surface area (Å²) in [6.07, 6.45) is 2.09. The number of methoxy groups -OCH3 is 2. The molecule has 2 fully saturated rings. The topological polar surface area (TPSA) is 38.8 Å². The molecule has 0 aromatic heterocycles. The third-order valence-corrected chi connectivity index (χ3v) is 5.57. The Morgan fingerprint density at radius 2 is 1.76 bits per heavy atom. The maximum atomic E-state index is 12.3. The monoisotopic (exact) mass is 339 g/mol. The number of rotatable bonds is 3. The van der Waals surface area contributed by atoms with Crippen LogP contribution in [0.4, 0.5) is 0 Å². The number of nitrogens with zero attached hydrogens (tertiary/aromatic N) is 1. The predicted octanol–water partition coefficient (Wildman–Crippen LogP) is 2.49. The second-order valence-electron chi connectivity index (χ2n) is 6.72. The fraction of sp³-hybridized carbons (Fsp3) is 0.632. The maximum Gasteiger partial charge on any atom is 0.161 e. The zero-order valence-corrected chi connectivity index (χ0v) is 16.0. The van der Waals surface area contributed by atoms with Crippen LogP contribution in [-0.4, -0.2) is 60.2 Å². The summed E-state index contributed by atoms with van der Waals surface area (Å²) in [6.45, 7) is 4.86. The molecule has 1 aliphatic carbocycles. The molecule has 2 atom stereocenters. The van der Waals surface area contributed by atoms with Crippen LogP contribution in [0.2, 0.25) is 5.21 Å². The summed E-state index contributed by atoms with van der Waals surface area (Å²) in [5.41, 5.74) is 0.878. The molecule has 0 spiro atoms. The van der Waals surface area contributed by atoms with Gasteiger partial charge in [-0.3, -0.25) is 0 Å². The van der Waals surface area contributed by atoms with Crippen LogP contribution in [0.25, 0.3) is 0 Å². The third-order valence-electron chi connectivity index (χ3n) is 5.57. The molecular weight excluding hydrogens is 312 g/mol. The first-order valence-electron chi connectivity index (χ1n) is 8.90. The van der Waals surface area contributed by atoms with Crippen LogP contribution in [0.1, 0.15) is 38.7 Å². The van der Waals surface area contributed by atoms with Crippen LogP contribution in [0.15, 0.2) is 18.2 Å².